The number of rotatable bonds is 3. The second-order valence-electron chi connectivity index (χ2n) is 7.31. The minimum absolute atomic E-state index is 0.106. The van der Waals surface area contributed by atoms with Crippen molar-refractivity contribution in [3.63, 3.8) is 0 Å². The molecule has 0 bridgehead atoms. The number of β-amino-alcohol motifs (C(OH)–C–C–N with tert-alkyl or cyclic N) is 1. The molecule has 0 spiro atoms. The van der Waals surface area contributed by atoms with Gasteiger partial charge in [-0.3, -0.25) is 4.79 Å². The molecule has 0 unspecified atom stereocenters. The van der Waals surface area contributed by atoms with E-state index in [2.05, 4.69) is 15.0 Å². The van der Waals surface area contributed by atoms with Crippen molar-refractivity contribution >= 4 is 5.91 Å². The molecule has 1 aromatic heterocycles. The van der Waals surface area contributed by atoms with Gasteiger partial charge >= 0.3 is 0 Å². The van der Waals surface area contributed by atoms with Gasteiger partial charge in [-0.15, -0.1) is 0 Å². The normalized spacial score (nSPS) is 27.2. The highest BCUT2D eigenvalue weighted by Crippen LogP contribution is 2.29. The van der Waals surface area contributed by atoms with Gasteiger partial charge in [-0.1, -0.05) is 5.16 Å². The second kappa shape index (κ2) is 7.19. The summed E-state index contributed by atoms with van der Waals surface area (Å²) in [5.41, 5.74) is -0.682. The van der Waals surface area contributed by atoms with E-state index in [1.54, 1.807) is 6.92 Å². The number of hydrogen-bond donors (Lipinski definition) is 1. The van der Waals surface area contributed by atoms with Crippen molar-refractivity contribution in [2.45, 2.75) is 57.5 Å². The van der Waals surface area contributed by atoms with Gasteiger partial charge in [-0.25, -0.2) is 0 Å². The van der Waals surface area contributed by atoms with Gasteiger partial charge in [0.25, 0.3) is 0 Å². The topological polar surface area (TPSA) is 82.7 Å². The molecule has 1 N–H and O–H groups in total. The summed E-state index contributed by atoms with van der Waals surface area (Å²) in [6, 6.07) is 0. The SMILES string of the molecule is CC(=O)N1CCC[C@](O)(CN2CCC(c3nc(C)no3)CC2)CC1. The Hall–Kier alpha value is -1.47. The Morgan fingerprint density at radius 2 is 2.04 bits per heavy atom. The predicted octanol–water partition coefficient (Wildman–Crippen LogP) is 1.32. The summed E-state index contributed by atoms with van der Waals surface area (Å²) in [5.74, 6) is 1.88. The summed E-state index contributed by atoms with van der Waals surface area (Å²) in [6.45, 7) is 7.42. The zero-order valence-corrected chi connectivity index (χ0v) is 14.7. The van der Waals surface area contributed by atoms with Gasteiger partial charge in [0.05, 0.1) is 5.60 Å². The standard InChI is InChI=1S/C17H28N4O3/c1-13-18-16(24-19-13)15-4-9-20(10-5-15)12-17(23)6-3-8-21(11-7-17)14(2)22/h15,23H,3-12H2,1-2H3/t17-/m1/s1. The Bertz CT molecular complexity index is 568. The molecule has 1 atom stereocenters. The molecule has 2 aliphatic heterocycles. The predicted molar refractivity (Wildman–Crippen MR) is 88.5 cm³/mol. The molecule has 7 nitrogen and oxygen atoms in total. The molecule has 2 aliphatic rings. The molecule has 0 aliphatic carbocycles. The van der Waals surface area contributed by atoms with E-state index < -0.39 is 5.60 Å². The van der Waals surface area contributed by atoms with E-state index in [0.29, 0.717) is 31.3 Å². The molecular weight excluding hydrogens is 308 g/mol. The van der Waals surface area contributed by atoms with E-state index in [9.17, 15) is 9.90 Å². The van der Waals surface area contributed by atoms with Crippen molar-refractivity contribution in [3.05, 3.63) is 11.7 Å². The highest BCUT2D eigenvalue weighted by atomic mass is 16.5. The summed E-state index contributed by atoms with van der Waals surface area (Å²) in [4.78, 5) is 20.1. The number of aromatic nitrogens is 2. The first-order valence-electron chi connectivity index (χ1n) is 8.96. The Balaban J connectivity index is 1.51. The van der Waals surface area contributed by atoms with Crippen LogP contribution >= 0.6 is 0 Å². The minimum Gasteiger partial charge on any atom is -0.388 e. The average Bonchev–Trinajstić information content (AvgIpc) is 2.87. The van der Waals surface area contributed by atoms with Crippen LogP contribution in [0.2, 0.25) is 0 Å². The molecule has 24 heavy (non-hydrogen) atoms. The van der Waals surface area contributed by atoms with Gasteiger partial charge in [0.2, 0.25) is 11.8 Å². The first-order chi connectivity index (χ1) is 11.5. The molecule has 0 aromatic carbocycles. The van der Waals surface area contributed by atoms with Crippen molar-refractivity contribution < 1.29 is 14.4 Å². The number of nitrogens with zero attached hydrogens (tertiary/aromatic N) is 4. The third kappa shape index (κ3) is 4.13. The van der Waals surface area contributed by atoms with Crippen LogP contribution in [0.1, 0.15) is 56.7 Å². The molecule has 0 saturated carbocycles. The summed E-state index contributed by atoms with van der Waals surface area (Å²) >= 11 is 0. The number of amides is 1. The lowest BCUT2D eigenvalue weighted by molar-refractivity contribution is -0.129. The molecule has 0 radical (unpaired) electrons. The molecule has 3 rings (SSSR count). The number of carbonyl (C=O) groups is 1. The summed E-state index contributed by atoms with van der Waals surface area (Å²) in [6.07, 6.45) is 4.26. The average molecular weight is 336 g/mol. The fourth-order valence-corrected chi connectivity index (χ4v) is 3.89. The van der Waals surface area contributed by atoms with E-state index in [4.69, 9.17) is 4.52 Å². The summed E-state index contributed by atoms with van der Waals surface area (Å²) < 4.78 is 5.29. The van der Waals surface area contributed by atoms with E-state index >= 15 is 0 Å². The molecule has 1 aromatic rings. The highest BCUT2D eigenvalue weighted by molar-refractivity contribution is 5.73. The maximum absolute atomic E-state index is 11.5. The van der Waals surface area contributed by atoms with Crippen molar-refractivity contribution in [1.82, 2.24) is 19.9 Å². The number of aliphatic hydroxyl groups is 1. The van der Waals surface area contributed by atoms with Crippen LogP contribution < -0.4 is 0 Å². The lowest BCUT2D eigenvalue weighted by Gasteiger charge is -2.37. The Labute approximate surface area is 143 Å². The first-order valence-corrected chi connectivity index (χ1v) is 8.96. The lowest BCUT2D eigenvalue weighted by atomic mass is 9.91. The molecule has 7 heteroatoms. The third-order valence-electron chi connectivity index (χ3n) is 5.36. The minimum atomic E-state index is -0.682. The summed E-state index contributed by atoms with van der Waals surface area (Å²) in [5, 5.41) is 14.8. The number of hydrogen-bond acceptors (Lipinski definition) is 6. The van der Waals surface area contributed by atoms with Gasteiger partial charge in [-0.05, 0) is 52.1 Å². The van der Waals surface area contributed by atoms with Gasteiger partial charge in [0.15, 0.2) is 5.82 Å². The zero-order chi connectivity index (χ0) is 17.2. The Kier molecular flexibility index (Phi) is 5.20. The molecule has 2 saturated heterocycles. The number of aryl methyl sites for hydroxylation is 1. The Morgan fingerprint density at radius 1 is 1.29 bits per heavy atom. The van der Waals surface area contributed by atoms with Crippen molar-refractivity contribution in [2.24, 2.45) is 0 Å². The molecular formula is C17H28N4O3. The maximum Gasteiger partial charge on any atom is 0.229 e. The lowest BCUT2D eigenvalue weighted by Crippen LogP contribution is -2.46. The van der Waals surface area contributed by atoms with Gasteiger partial charge < -0.3 is 19.4 Å². The molecule has 2 fully saturated rings. The number of carbonyl (C=O) groups excluding carboxylic acids is 1. The van der Waals surface area contributed by atoms with E-state index in [-0.39, 0.29) is 5.91 Å². The van der Waals surface area contributed by atoms with E-state index in [1.807, 2.05) is 11.8 Å². The fraction of sp³-hybridized carbons (Fsp3) is 0.824. The van der Waals surface area contributed by atoms with Crippen molar-refractivity contribution in [2.75, 3.05) is 32.7 Å². The second-order valence-corrected chi connectivity index (χ2v) is 7.31. The first kappa shape index (κ1) is 17.4. The smallest absolute Gasteiger partial charge is 0.229 e. The van der Waals surface area contributed by atoms with Crippen LogP contribution in [0.15, 0.2) is 4.52 Å². The third-order valence-corrected chi connectivity index (χ3v) is 5.36. The zero-order valence-electron chi connectivity index (χ0n) is 14.7. The van der Waals surface area contributed by atoms with Crippen molar-refractivity contribution in [3.8, 4) is 0 Å². The van der Waals surface area contributed by atoms with Crippen LogP contribution in [-0.2, 0) is 4.79 Å². The van der Waals surface area contributed by atoms with E-state index in [1.165, 1.54) is 0 Å². The molecule has 1 amide bonds. The van der Waals surface area contributed by atoms with Gasteiger partial charge in [-0.2, -0.15) is 4.98 Å². The van der Waals surface area contributed by atoms with E-state index in [0.717, 1.165) is 51.2 Å². The number of piperidine rings is 1. The Morgan fingerprint density at radius 3 is 2.67 bits per heavy atom. The highest BCUT2D eigenvalue weighted by Gasteiger charge is 2.34. The molecule has 134 valence electrons. The fourth-order valence-electron chi connectivity index (χ4n) is 3.89. The van der Waals surface area contributed by atoms with Gasteiger partial charge in [0, 0.05) is 32.5 Å². The van der Waals surface area contributed by atoms with Crippen molar-refractivity contribution in [1.29, 1.82) is 0 Å². The van der Waals surface area contributed by atoms with Crippen LogP contribution in [0.4, 0.5) is 0 Å². The van der Waals surface area contributed by atoms with Gasteiger partial charge in [0.1, 0.15) is 0 Å². The number of likely N-dealkylation sites (tertiary alicyclic amines) is 2. The maximum atomic E-state index is 11.5. The van der Waals surface area contributed by atoms with Crippen LogP contribution in [0.5, 0.6) is 0 Å². The monoisotopic (exact) mass is 336 g/mol. The van der Waals surface area contributed by atoms with Crippen LogP contribution in [0.25, 0.3) is 0 Å². The quantitative estimate of drug-likeness (QED) is 0.896. The van der Waals surface area contributed by atoms with Crippen LogP contribution in [-0.4, -0.2) is 69.3 Å². The summed E-state index contributed by atoms with van der Waals surface area (Å²) in [7, 11) is 0. The molecule has 3 heterocycles. The van der Waals surface area contributed by atoms with Crippen LogP contribution in [0, 0.1) is 6.92 Å². The largest absolute Gasteiger partial charge is 0.388 e. The van der Waals surface area contributed by atoms with Crippen LogP contribution in [0.3, 0.4) is 0 Å².